The third-order valence-electron chi connectivity index (χ3n) is 4.42. The molecule has 0 bridgehead atoms. The Morgan fingerprint density at radius 2 is 1.58 bits per heavy atom. The van der Waals surface area contributed by atoms with Gasteiger partial charge in [0.1, 0.15) is 6.10 Å². The predicted molar refractivity (Wildman–Crippen MR) is 88.7 cm³/mol. The Hall–Kier alpha value is -2.28. The summed E-state index contributed by atoms with van der Waals surface area (Å²) in [5.41, 5.74) is 6.89. The molecule has 3 rings (SSSR count). The number of rotatable bonds is 2. The molecule has 0 aromatic heterocycles. The molecule has 0 saturated carbocycles. The number of nitrogens with zero attached hydrogens (tertiary/aromatic N) is 2. The first-order chi connectivity index (χ1) is 11.6. The zero-order chi connectivity index (χ0) is 16.9. The van der Waals surface area contributed by atoms with E-state index in [1.165, 1.54) is 0 Å². The number of piperazine rings is 1. The van der Waals surface area contributed by atoms with Crippen molar-refractivity contribution in [2.45, 2.75) is 18.9 Å². The first kappa shape index (κ1) is 16.6. The molecule has 2 saturated heterocycles. The van der Waals surface area contributed by atoms with Crippen LogP contribution in [0.25, 0.3) is 0 Å². The average Bonchev–Trinajstić information content (AvgIpc) is 2.63. The fourth-order valence-corrected chi connectivity index (χ4v) is 2.91. The van der Waals surface area contributed by atoms with Gasteiger partial charge in [0.25, 0.3) is 5.91 Å². The molecule has 130 valence electrons. The maximum absolute atomic E-state index is 12.4. The lowest BCUT2D eigenvalue weighted by atomic mass is 10.1. The van der Waals surface area contributed by atoms with Crippen LogP contribution in [0, 0.1) is 0 Å². The van der Waals surface area contributed by atoms with Crippen molar-refractivity contribution in [1.82, 2.24) is 9.80 Å². The van der Waals surface area contributed by atoms with Crippen molar-refractivity contribution in [3.63, 3.8) is 0 Å². The van der Waals surface area contributed by atoms with E-state index in [0.717, 1.165) is 12.8 Å². The van der Waals surface area contributed by atoms with Gasteiger partial charge in [0.05, 0.1) is 13.2 Å². The summed E-state index contributed by atoms with van der Waals surface area (Å²) in [5, 5.41) is 0. The number of carbonyl (C=O) groups excluding carboxylic acids is 2. The number of hydrogen-bond donors (Lipinski definition) is 1. The molecule has 2 aliphatic heterocycles. The third kappa shape index (κ3) is 3.97. The van der Waals surface area contributed by atoms with Gasteiger partial charge in [0, 0.05) is 50.3 Å². The third-order valence-corrected chi connectivity index (χ3v) is 4.42. The molecule has 0 radical (unpaired) electrons. The number of benzene rings is 1. The first-order valence-corrected chi connectivity index (χ1v) is 8.31. The van der Waals surface area contributed by atoms with E-state index in [1.807, 2.05) is 0 Å². The van der Waals surface area contributed by atoms with Crippen LogP contribution in [0.1, 0.15) is 23.2 Å². The highest BCUT2D eigenvalue weighted by molar-refractivity contribution is 5.94. The second-order valence-electron chi connectivity index (χ2n) is 6.10. The highest BCUT2D eigenvalue weighted by Crippen LogP contribution is 2.15. The number of carbonyl (C=O) groups is 2. The molecule has 2 N–H and O–H groups in total. The number of anilines is 1. The van der Waals surface area contributed by atoms with Gasteiger partial charge in [-0.1, -0.05) is 0 Å². The van der Waals surface area contributed by atoms with Crippen molar-refractivity contribution in [1.29, 1.82) is 0 Å². The van der Waals surface area contributed by atoms with Gasteiger partial charge in [0.2, 0.25) is 0 Å². The molecule has 2 heterocycles. The minimum absolute atomic E-state index is 0.0348. The van der Waals surface area contributed by atoms with E-state index < -0.39 is 0 Å². The smallest absolute Gasteiger partial charge is 0.410 e. The Kier molecular flexibility index (Phi) is 5.20. The molecule has 0 aliphatic carbocycles. The summed E-state index contributed by atoms with van der Waals surface area (Å²) < 4.78 is 10.8. The quantitative estimate of drug-likeness (QED) is 0.826. The molecule has 1 aromatic carbocycles. The summed E-state index contributed by atoms with van der Waals surface area (Å²) in [7, 11) is 0. The van der Waals surface area contributed by atoms with Gasteiger partial charge in [-0.15, -0.1) is 0 Å². The average molecular weight is 333 g/mol. The second-order valence-corrected chi connectivity index (χ2v) is 6.10. The summed E-state index contributed by atoms with van der Waals surface area (Å²) in [6.07, 6.45) is 1.16. The van der Waals surface area contributed by atoms with Gasteiger partial charge in [-0.2, -0.15) is 0 Å². The van der Waals surface area contributed by atoms with Crippen molar-refractivity contribution in [2.75, 3.05) is 45.1 Å². The molecule has 0 unspecified atom stereocenters. The molecule has 2 fully saturated rings. The highest BCUT2D eigenvalue weighted by Gasteiger charge is 2.27. The van der Waals surface area contributed by atoms with Crippen LogP contribution in [0.4, 0.5) is 10.5 Å². The van der Waals surface area contributed by atoms with Crippen molar-refractivity contribution >= 4 is 17.7 Å². The number of ether oxygens (including phenoxy) is 2. The van der Waals surface area contributed by atoms with Gasteiger partial charge in [-0.25, -0.2) is 4.79 Å². The molecular weight excluding hydrogens is 310 g/mol. The van der Waals surface area contributed by atoms with Gasteiger partial charge >= 0.3 is 6.09 Å². The van der Waals surface area contributed by atoms with E-state index in [4.69, 9.17) is 15.2 Å². The Bertz CT molecular complexity index is 576. The van der Waals surface area contributed by atoms with Gasteiger partial charge in [-0.3, -0.25) is 4.79 Å². The molecule has 2 amide bonds. The summed E-state index contributed by atoms with van der Waals surface area (Å²) in [6, 6.07) is 6.89. The zero-order valence-corrected chi connectivity index (χ0v) is 13.6. The standard InChI is InChI=1S/C17H23N3O4/c18-14-3-1-13(2-4-14)16(21)19-7-9-20(10-8-19)17(22)24-15-5-11-23-12-6-15/h1-4,15H,5-12,18H2. The highest BCUT2D eigenvalue weighted by atomic mass is 16.6. The van der Waals surface area contributed by atoms with Gasteiger partial charge < -0.3 is 25.0 Å². The van der Waals surface area contributed by atoms with E-state index in [1.54, 1.807) is 34.1 Å². The van der Waals surface area contributed by atoms with Crippen molar-refractivity contribution in [3.05, 3.63) is 29.8 Å². The van der Waals surface area contributed by atoms with Crippen LogP contribution >= 0.6 is 0 Å². The van der Waals surface area contributed by atoms with Gasteiger partial charge in [-0.05, 0) is 24.3 Å². The Labute approximate surface area is 141 Å². The van der Waals surface area contributed by atoms with E-state index >= 15 is 0 Å². The van der Waals surface area contributed by atoms with Crippen molar-refractivity contribution in [2.24, 2.45) is 0 Å². The van der Waals surface area contributed by atoms with E-state index in [2.05, 4.69) is 0 Å². The summed E-state index contributed by atoms with van der Waals surface area (Å²) in [4.78, 5) is 28.1. The van der Waals surface area contributed by atoms with Crippen molar-refractivity contribution in [3.8, 4) is 0 Å². The van der Waals surface area contributed by atoms with Crippen LogP contribution in [-0.4, -0.2) is 67.3 Å². The SMILES string of the molecule is Nc1ccc(C(=O)N2CCN(C(=O)OC3CCOCC3)CC2)cc1. The first-order valence-electron chi connectivity index (χ1n) is 8.31. The number of nitrogens with two attached hydrogens (primary N) is 1. The summed E-state index contributed by atoms with van der Waals surface area (Å²) in [6.45, 7) is 3.27. The lowest BCUT2D eigenvalue weighted by molar-refractivity contribution is -0.0141. The number of nitrogen functional groups attached to an aromatic ring is 1. The largest absolute Gasteiger partial charge is 0.446 e. The molecule has 0 atom stereocenters. The molecular formula is C17H23N3O4. The van der Waals surface area contributed by atoms with Crippen LogP contribution in [0.2, 0.25) is 0 Å². The lowest BCUT2D eigenvalue weighted by Crippen LogP contribution is -2.51. The topological polar surface area (TPSA) is 85.1 Å². The summed E-state index contributed by atoms with van der Waals surface area (Å²) in [5.74, 6) is -0.0348. The molecule has 24 heavy (non-hydrogen) atoms. The van der Waals surface area contributed by atoms with Crippen LogP contribution < -0.4 is 5.73 Å². The van der Waals surface area contributed by atoms with E-state index in [-0.39, 0.29) is 18.1 Å². The maximum Gasteiger partial charge on any atom is 0.410 e. The van der Waals surface area contributed by atoms with Crippen LogP contribution in [0.3, 0.4) is 0 Å². The van der Waals surface area contributed by atoms with Crippen molar-refractivity contribution < 1.29 is 19.1 Å². The minimum Gasteiger partial charge on any atom is -0.446 e. The van der Waals surface area contributed by atoms with Gasteiger partial charge in [0.15, 0.2) is 0 Å². The Morgan fingerprint density at radius 3 is 2.21 bits per heavy atom. The lowest BCUT2D eigenvalue weighted by Gasteiger charge is -2.35. The zero-order valence-electron chi connectivity index (χ0n) is 13.6. The van der Waals surface area contributed by atoms with E-state index in [9.17, 15) is 9.59 Å². The Morgan fingerprint density at radius 1 is 1.00 bits per heavy atom. The molecule has 7 heteroatoms. The van der Waals surface area contributed by atoms with Crippen LogP contribution in [0.15, 0.2) is 24.3 Å². The molecule has 0 spiro atoms. The fourth-order valence-electron chi connectivity index (χ4n) is 2.91. The summed E-state index contributed by atoms with van der Waals surface area (Å²) >= 11 is 0. The second kappa shape index (κ2) is 7.53. The maximum atomic E-state index is 12.4. The number of hydrogen-bond acceptors (Lipinski definition) is 5. The molecule has 1 aromatic rings. The molecule has 7 nitrogen and oxygen atoms in total. The normalized spacial score (nSPS) is 19.2. The number of amides is 2. The predicted octanol–water partition coefficient (Wildman–Crippen LogP) is 1.34. The monoisotopic (exact) mass is 333 g/mol. The van der Waals surface area contributed by atoms with Crippen LogP contribution in [0.5, 0.6) is 0 Å². The van der Waals surface area contributed by atoms with E-state index in [0.29, 0.717) is 50.6 Å². The Balaban J connectivity index is 1.48. The van der Waals surface area contributed by atoms with Crippen LogP contribution in [-0.2, 0) is 9.47 Å². The fraction of sp³-hybridized carbons (Fsp3) is 0.529. The molecule has 2 aliphatic rings. The minimum atomic E-state index is -0.290.